The summed E-state index contributed by atoms with van der Waals surface area (Å²) in [6.07, 6.45) is 6.21. The Morgan fingerprint density at radius 2 is 2.06 bits per heavy atom. The predicted molar refractivity (Wildman–Crippen MR) is 67.5 cm³/mol. The summed E-state index contributed by atoms with van der Waals surface area (Å²) in [5, 5.41) is 0. The first kappa shape index (κ1) is 12.0. The molecule has 5 nitrogen and oxygen atoms in total. The number of nitrogen functional groups attached to an aromatic ring is 2. The summed E-state index contributed by atoms with van der Waals surface area (Å²) < 4.78 is 5.91. The molecule has 5 heteroatoms. The Kier molecular flexibility index (Phi) is 3.66. The van der Waals surface area contributed by atoms with E-state index in [2.05, 4.69) is 16.9 Å². The van der Waals surface area contributed by atoms with Gasteiger partial charge in [0, 0.05) is 6.07 Å². The normalized spacial score (nSPS) is 24.5. The zero-order valence-electron chi connectivity index (χ0n) is 10.2. The second-order valence-electron chi connectivity index (χ2n) is 4.60. The molecule has 0 saturated heterocycles. The van der Waals surface area contributed by atoms with Crippen LogP contribution in [-0.4, -0.2) is 16.1 Å². The molecule has 1 heterocycles. The Hall–Kier alpha value is -1.52. The molecule has 4 N–H and O–H groups in total. The molecule has 1 aliphatic carbocycles. The van der Waals surface area contributed by atoms with Crippen LogP contribution in [0.1, 0.15) is 39.0 Å². The molecule has 1 saturated carbocycles. The van der Waals surface area contributed by atoms with Crippen molar-refractivity contribution in [2.24, 2.45) is 5.92 Å². The van der Waals surface area contributed by atoms with Crippen LogP contribution >= 0.6 is 0 Å². The molecular formula is C12H20N4O. The first-order valence-electron chi connectivity index (χ1n) is 6.25. The third-order valence-electron chi connectivity index (χ3n) is 3.38. The monoisotopic (exact) mass is 236 g/mol. The van der Waals surface area contributed by atoms with Gasteiger partial charge in [-0.05, 0) is 31.6 Å². The maximum atomic E-state index is 5.91. The molecule has 1 aliphatic rings. The van der Waals surface area contributed by atoms with E-state index in [9.17, 15) is 0 Å². The second-order valence-corrected chi connectivity index (χ2v) is 4.60. The summed E-state index contributed by atoms with van der Waals surface area (Å²) in [7, 11) is 0. The Bertz CT molecular complexity index is 363. The van der Waals surface area contributed by atoms with Crippen molar-refractivity contribution in [1.82, 2.24) is 9.97 Å². The van der Waals surface area contributed by atoms with Gasteiger partial charge in [0.1, 0.15) is 11.9 Å². The van der Waals surface area contributed by atoms with Gasteiger partial charge in [-0.25, -0.2) is 0 Å². The number of nitrogens with zero attached hydrogens (tertiary/aromatic N) is 2. The van der Waals surface area contributed by atoms with E-state index in [1.807, 2.05) is 0 Å². The number of hydrogen-bond donors (Lipinski definition) is 2. The minimum absolute atomic E-state index is 0.170. The van der Waals surface area contributed by atoms with Crippen LogP contribution in [-0.2, 0) is 0 Å². The molecule has 17 heavy (non-hydrogen) atoms. The van der Waals surface area contributed by atoms with Crippen molar-refractivity contribution in [3.63, 3.8) is 0 Å². The smallest absolute Gasteiger partial charge is 0.225 e. The third kappa shape index (κ3) is 2.99. The lowest BCUT2D eigenvalue weighted by Gasteiger charge is -2.30. The maximum absolute atomic E-state index is 5.91. The molecule has 2 unspecified atom stereocenters. The molecule has 0 amide bonds. The van der Waals surface area contributed by atoms with E-state index in [4.69, 9.17) is 16.2 Å². The molecule has 0 aromatic carbocycles. The van der Waals surface area contributed by atoms with Crippen molar-refractivity contribution in [1.29, 1.82) is 0 Å². The highest BCUT2D eigenvalue weighted by Crippen LogP contribution is 2.30. The summed E-state index contributed by atoms with van der Waals surface area (Å²) in [6.45, 7) is 2.20. The van der Waals surface area contributed by atoms with Gasteiger partial charge in [0.15, 0.2) is 0 Å². The Labute approximate surface area is 102 Å². The minimum Gasteiger partial charge on any atom is -0.474 e. The van der Waals surface area contributed by atoms with Gasteiger partial charge in [0.2, 0.25) is 11.8 Å². The highest BCUT2D eigenvalue weighted by Gasteiger charge is 2.25. The number of nitrogens with two attached hydrogens (primary N) is 2. The Balaban J connectivity index is 2.08. The number of ether oxygens (including phenoxy) is 1. The number of aromatic nitrogens is 2. The molecule has 94 valence electrons. The standard InChI is InChI=1S/C12H20N4O/c1-2-8-5-3-4-6-9(8)17-11-7-10(13)15-12(14)16-11/h7-9H,2-6H2,1H3,(H4,13,14,15,16). The summed E-state index contributed by atoms with van der Waals surface area (Å²) in [5.74, 6) is 1.64. The summed E-state index contributed by atoms with van der Waals surface area (Å²) in [4.78, 5) is 7.89. The van der Waals surface area contributed by atoms with Gasteiger partial charge in [-0.1, -0.05) is 13.3 Å². The molecule has 0 aliphatic heterocycles. The van der Waals surface area contributed by atoms with Gasteiger partial charge in [0.05, 0.1) is 0 Å². The van der Waals surface area contributed by atoms with Gasteiger partial charge >= 0.3 is 0 Å². The fourth-order valence-corrected chi connectivity index (χ4v) is 2.47. The van der Waals surface area contributed by atoms with Crippen molar-refractivity contribution in [2.75, 3.05) is 11.5 Å². The zero-order valence-corrected chi connectivity index (χ0v) is 10.2. The SMILES string of the molecule is CCC1CCCCC1Oc1cc(N)nc(N)n1. The molecule has 2 rings (SSSR count). The fourth-order valence-electron chi connectivity index (χ4n) is 2.47. The molecule has 1 aromatic heterocycles. The fraction of sp³-hybridized carbons (Fsp3) is 0.667. The van der Waals surface area contributed by atoms with E-state index in [-0.39, 0.29) is 12.1 Å². The topological polar surface area (TPSA) is 87.0 Å². The first-order valence-corrected chi connectivity index (χ1v) is 6.25. The summed E-state index contributed by atoms with van der Waals surface area (Å²) in [5.41, 5.74) is 11.2. The molecule has 0 spiro atoms. The molecule has 0 radical (unpaired) electrons. The molecular weight excluding hydrogens is 216 g/mol. The number of rotatable bonds is 3. The van der Waals surface area contributed by atoms with Crippen LogP contribution < -0.4 is 16.2 Å². The largest absolute Gasteiger partial charge is 0.474 e. The van der Waals surface area contributed by atoms with Crippen molar-refractivity contribution >= 4 is 11.8 Å². The van der Waals surface area contributed by atoms with Crippen LogP contribution in [0.4, 0.5) is 11.8 Å². The van der Waals surface area contributed by atoms with E-state index >= 15 is 0 Å². The van der Waals surface area contributed by atoms with E-state index < -0.39 is 0 Å². The van der Waals surface area contributed by atoms with Crippen LogP contribution in [0.25, 0.3) is 0 Å². The molecule has 1 fully saturated rings. The molecule has 2 atom stereocenters. The van der Waals surface area contributed by atoms with Crippen LogP contribution in [0.2, 0.25) is 0 Å². The zero-order chi connectivity index (χ0) is 12.3. The lowest BCUT2D eigenvalue weighted by Crippen LogP contribution is -2.30. The quantitative estimate of drug-likeness (QED) is 0.838. The molecule has 1 aromatic rings. The number of anilines is 2. The summed E-state index contributed by atoms with van der Waals surface area (Å²) >= 11 is 0. The number of hydrogen-bond acceptors (Lipinski definition) is 5. The van der Waals surface area contributed by atoms with Crippen molar-refractivity contribution < 1.29 is 4.74 Å². The van der Waals surface area contributed by atoms with Gasteiger partial charge < -0.3 is 16.2 Å². The van der Waals surface area contributed by atoms with Crippen LogP contribution in [0, 0.1) is 5.92 Å². The van der Waals surface area contributed by atoms with E-state index in [0.29, 0.717) is 17.6 Å². The van der Waals surface area contributed by atoms with Crippen LogP contribution in [0.5, 0.6) is 5.88 Å². The van der Waals surface area contributed by atoms with E-state index in [0.717, 1.165) is 12.8 Å². The van der Waals surface area contributed by atoms with Crippen molar-refractivity contribution in [3.05, 3.63) is 6.07 Å². The average Bonchev–Trinajstić information content (AvgIpc) is 2.28. The Morgan fingerprint density at radius 3 is 2.76 bits per heavy atom. The lowest BCUT2D eigenvalue weighted by molar-refractivity contribution is 0.0860. The van der Waals surface area contributed by atoms with Crippen molar-refractivity contribution in [2.45, 2.75) is 45.1 Å². The van der Waals surface area contributed by atoms with Crippen LogP contribution in [0.3, 0.4) is 0 Å². The van der Waals surface area contributed by atoms with Crippen molar-refractivity contribution in [3.8, 4) is 5.88 Å². The maximum Gasteiger partial charge on any atom is 0.225 e. The second kappa shape index (κ2) is 5.21. The van der Waals surface area contributed by atoms with E-state index in [1.165, 1.54) is 19.3 Å². The van der Waals surface area contributed by atoms with Gasteiger partial charge in [-0.2, -0.15) is 9.97 Å². The van der Waals surface area contributed by atoms with Crippen LogP contribution in [0.15, 0.2) is 6.07 Å². The van der Waals surface area contributed by atoms with E-state index in [1.54, 1.807) is 6.07 Å². The Morgan fingerprint density at radius 1 is 1.29 bits per heavy atom. The highest BCUT2D eigenvalue weighted by atomic mass is 16.5. The van der Waals surface area contributed by atoms with Gasteiger partial charge in [-0.15, -0.1) is 0 Å². The minimum atomic E-state index is 0.170. The molecule has 0 bridgehead atoms. The average molecular weight is 236 g/mol. The van der Waals surface area contributed by atoms with Gasteiger partial charge in [-0.3, -0.25) is 0 Å². The lowest BCUT2D eigenvalue weighted by atomic mass is 9.85. The van der Waals surface area contributed by atoms with Gasteiger partial charge in [0.25, 0.3) is 0 Å². The third-order valence-corrected chi connectivity index (χ3v) is 3.38. The predicted octanol–water partition coefficient (Wildman–Crippen LogP) is 1.99. The summed E-state index contributed by atoms with van der Waals surface area (Å²) in [6, 6.07) is 1.64. The highest BCUT2D eigenvalue weighted by molar-refractivity contribution is 5.38. The first-order chi connectivity index (χ1) is 8.19.